The van der Waals surface area contributed by atoms with E-state index in [2.05, 4.69) is 15.4 Å². The fourth-order valence-corrected chi connectivity index (χ4v) is 5.53. The molecule has 0 bridgehead atoms. The minimum Gasteiger partial charge on any atom is -0.495 e. The van der Waals surface area contributed by atoms with Crippen LogP contribution in [0, 0.1) is 11.7 Å². The van der Waals surface area contributed by atoms with Gasteiger partial charge in [-0.2, -0.15) is 0 Å². The zero-order valence-corrected chi connectivity index (χ0v) is 21.2. The van der Waals surface area contributed by atoms with Crippen LogP contribution in [-0.4, -0.2) is 65.9 Å². The van der Waals surface area contributed by atoms with Gasteiger partial charge in [0.05, 0.1) is 26.4 Å². The summed E-state index contributed by atoms with van der Waals surface area (Å²) in [4.78, 5) is 26.0. The number of halogens is 1. The molecule has 37 heavy (non-hydrogen) atoms. The molecule has 2 heterocycles. The number of carbonyl (C=O) groups is 2. The molecule has 1 atom stereocenters. The summed E-state index contributed by atoms with van der Waals surface area (Å²) in [7, 11) is -2.52. The molecule has 0 unspecified atom stereocenters. The van der Waals surface area contributed by atoms with Crippen LogP contribution in [0.1, 0.15) is 29.6 Å². The summed E-state index contributed by atoms with van der Waals surface area (Å²) >= 11 is 0. The molecular formula is C25H30FN3O7S. The Kier molecular flexibility index (Phi) is 8.75. The molecule has 2 aliphatic rings. The Bertz CT molecular complexity index is 1210. The van der Waals surface area contributed by atoms with Crippen LogP contribution in [0.15, 0.2) is 47.4 Å². The van der Waals surface area contributed by atoms with Gasteiger partial charge in [0.25, 0.3) is 5.91 Å². The van der Waals surface area contributed by atoms with E-state index < -0.39 is 33.7 Å². The molecule has 2 saturated heterocycles. The monoisotopic (exact) mass is 535 g/mol. The Balaban J connectivity index is 1.50. The van der Waals surface area contributed by atoms with Crippen molar-refractivity contribution in [3.63, 3.8) is 0 Å². The number of benzene rings is 2. The highest BCUT2D eigenvalue weighted by Gasteiger charge is 2.29. The molecule has 0 saturated carbocycles. The average molecular weight is 536 g/mol. The zero-order chi connectivity index (χ0) is 26.4. The highest BCUT2D eigenvalue weighted by molar-refractivity contribution is 7.89. The summed E-state index contributed by atoms with van der Waals surface area (Å²) < 4.78 is 57.0. The molecule has 0 aliphatic carbocycles. The summed E-state index contributed by atoms with van der Waals surface area (Å²) in [5.74, 6) is -1.21. The van der Waals surface area contributed by atoms with Crippen molar-refractivity contribution in [3.8, 4) is 5.75 Å². The molecule has 10 nitrogen and oxygen atoms in total. The van der Waals surface area contributed by atoms with Crippen LogP contribution in [0.2, 0.25) is 0 Å². The molecule has 200 valence electrons. The predicted molar refractivity (Wildman–Crippen MR) is 132 cm³/mol. The number of hydrogen-bond acceptors (Lipinski definition) is 7. The van der Waals surface area contributed by atoms with Crippen LogP contribution in [-0.2, 0) is 24.3 Å². The Morgan fingerprint density at radius 1 is 1.08 bits per heavy atom. The van der Waals surface area contributed by atoms with Gasteiger partial charge >= 0.3 is 0 Å². The van der Waals surface area contributed by atoms with Gasteiger partial charge in [0.15, 0.2) is 0 Å². The van der Waals surface area contributed by atoms with E-state index in [4.69, 9.17) is 14.2 Å². The first kappa shape index (κ1) is 27.0. The topological polar surface area (TPSA) is 132 Å². The van der Waals surface area contributed by atoms with Crippen molar-refractivity contribution in [1.29, 1.82) is 0 Å². The van der Waals surface area contributed by atoms with Gasteiger partial charge in [-0.25, -0.2) is 17.5 Å². The second-order valence-electron chi connectivity index (χ2n) is 9.03. The third-order valence-electron chi connectivity index (χ3n) is 6.32. The molecule has 3 N–H and O–H groups in total. The molecule has 2 amide bonds. The Labute approximate surface area is 214 Å². The van der Waals surface area contributed by atoms with Crippen molar-refractivity contribution in [3.05, 3.63) is 53.8 Å². The maximum absolute atomic E-state index is 13.3. The molecule has 4 rings (SSSR count). The van der Waals surface area contributed by atoms with Gasteiger partial charge in [-0.1, -0.05) is 0 Å². The average Bonchev–Trinajstić information content (AvgIpc) is 2.86. The number of sulfonamides is 1. The van der Waals surface area contributed by atoms with E-state index in [0.29, 0.717) is 38.5 Å². The minimum absolute atomic E-state index is 0.0573. The van der Waals surface area contributed by atoms with E-state index in [1.54, 1.807) is 0 Å². The molecule has 12 heteroatoms. The third kappa shape index (κ3) is 7.04. The SMILES string of the molecule is COc1cc(NC(=O)[C@H](CC2CCOCC2)NC(=O)c2ccc(F)cc2)ccc1S(=O)(=O)NC1COC1. The quantitative estimate of drug-likeness (QED) is 0.424. The van der Waals surface area contributed by atoms with Crippen molar-refractivity contribution in [2.24, 2.45) is 5.92 Å². The summed E-state index contributed by atoms with van der Waals surface area (Å²) in [6.45, 7) is 1.76. The number of carbonyl (C=O) groups excluding carboxylic acids is 2. The van der Waals surface area contributed by atoms with Gasteiger partial charge in [-0.15, -0.1) is 0 Å². The predicted octanol–water partition coefficient (Wildman–Crippen LogP) is 2.07. The minimum atomic E-state index is -3.86. The van der Waals surface area contributed by atoms with Crippen LogP contribution >= 0.6 is 0 Å². The molecule has 0 spiro atoms. The van der Waals surface area contributed by atoms with Crippen LogP contribution in [0.3, 0.4) is 0 Å². The highest BCUT2D eigenvalue weighted by Crippen LogP contribution is 2.28. The van der Waals surface area contributed by atoms with Gasteiger partial charge in [0.2, 0.25) is 15.9 Å². The summed E-state index contributed by atoms with van der Waals surface area (Å²) in [6, 6.07) is 8.09. The van der Waals surface area contributed by atoms with E-state index in [-0.39, 0.29) is 28.2 Å². The first-order valence-electron chi connectivity index (χ1n) is 12.0. The summed E-state index contributed by atoms with van der Waals surface area (Å²) in [5.41, 5.74) is 0.535. The maximum atomic E-state index is 13.3. The molecule has 2 fully saturated rings. The number of anilines is 1. The van der Waals surface area contributed by atoms with Crippen molar-refractivity contribution >= 4 is 27.5 Å². The first-order chi connectivity index (χ1) is 17.7. The van der Waals surface area contributed by atoms with E-state index in [0.717, 1.165) is 12.8 Å². The fourth-order valence-electron chi connectivity index (χ4n) is 4.17. The van der Waals surface area contributed by atoms with Crippen LogP contribution < -0.4 is 20.1 Å². The van der Waals surface area contributed by atoms with Crippen LogP contribution in [0.25, 0.3) is 0 Å². The van der Waals surface area contributed by atoms with Crippen molar-refractivity contribution in [2.75, 3.05) is 38.9 Å². The second-order valence-corrected chi connectivity index (χ2v) is 10.7. The maximum Gasteiger partial charge on any atom is 0.251 e. The van der Waals surface area contributed by atoms with E-state index in [1.807, 2.05) is 0 Å². The standard InChI is InChI=1S/C25H30FN3O7S/c1-34-22-13-19(6-7-23(22)37(32,33)29-20-14-36-15-20)27-25(31)21(12-16-8-10-35-11-9-16)28-24(30)17-2-4-18(26)5-3-17/h2-7,13,16,20-21,29H,8-12,14-15H2,1H3,(H,27,31)(H,28,30)/t21-/m0/s1. The Morgan fingerprint density at radius 2 is 1.78 bits per heavy atom. The fraction of sp³-hybridized carbons (Fsp3) is 0.440. The molecule has 2 aromatic rings. The molecular weight excluding hydrogens is 505 g/mol. The number of ether oxygens (including phenoxy) is 3. The van der Waals surface area contributed by atoms with Crippen molar-refractivity contribution in [2.45, 2.75) is 36.2 Å². The summed E-state index contributed by atoms with van der Waals surface area (Å²) in [5, 5.41) is 5.51. The van der Waals surface area contributed by atoms with Crippen LogP contribution in [0.5, 0.6) is 5.75 Å². The first-order valence-corrected chi connectivity index (χ1v) is 13.5. The van der Waals surface area contributed by atoms with Gasteiger partial charge < -0.3 is 24.8 Å². The van der Waals surface area contributed by atoms with Gasteiger partial charge in [0.1, 0.15) is 22.5 Å². The molecule has 0 aromatic heterocycles. The van der Waals surface area contributed by atoms with E-state index in [1.165, 1.54) is 49.6 Å². The lowest BCUT2D eigenvalue weighted by Crippen LogP contribution is -2.48. The van der Waals surface area contributed by atoms with Crippen molar-refractivity contribution in [1.82, 2.24) is 10.0 Å². The van der Waals surface area contributed by atoms with Gasteiger partial charge in [0, 0.05) is 30.5 Å². The smallest absolute Gasteiger partial charge is 0.251 e. The summed E-state index contributed by atoms with van der Waals surface area (Å²) in [6.07, 6.45) is 1.91. The van der Waals surface area contributed by atoms with Gasteiger partial charge in [-0.3, -0.25) is 9.59 Å². The molecule has 0 radical (unpaired) electrons. The lowest BCUT2D eigenvalue weighted by Gasteiger charge is -2.27. The lowest BCUT2D eigenvalue weighted by molar-refractivity contribution is -0.118. The normalized spacial score (nSPS) is 17.5. The number of methoxy groups -OCH3 is 1. The van der Waals surface area contributed by atoms with Crippen molar-refractivity contribution < 1.29 is 36.6 Å². The largest absolute Gasteiger partial charge is 0.495 e. The molecule has 2 aromatic carbocycles. The Morgan fingerprint density at radius 3 is 2.41 bits per heavy atom. The third-order valence-corrected chi connectivity index (χ3v) is 7.88. The molecule has 2 aliphatic heterocycles. The van der Waals surface area contributed by atoms with Crippen LogP contribution in [0.4, 0.5) is 10.1 Å². The van der Waals surface area contributed by atoms with E-state index >= 15 is 0 Å². The zero-order valence-electron chi connectivity index (χ0n) is 20.4. The Hall–Kier alpha value is -3.06. The van der Waals surface area contributed by atoms with Gasteiger partial charge in [-0.05, 0) is 61.6 Å². The van der Waals surface area contributed by atoms with E-state index in [9.17, 15) is 22.4 Å². The number of nitrogens with one attached hydrogen (secondary N) is 3. The number of hydrogen-bond donors (Lipinski definition) is 3. The highest BCUT2D eigenvalue weighted by atomic mass is 32.2. The number of amides is 2. The number of rotatable bonds is 10. The lowest BCUT2D eigenvalue weighted by atomic mass is 9.92. The second kappa shape index (κ2) is 12.0.